The highest BCUT2D eigenvalue weighted by Gasteiger charge is 2.42. The molecular formula is C31H22F5N3O4S. The van der Waals surface area contributed by atoms with Gasteiger partial charge in [0.1, 0.15) is 28.7 Å². The molecule has 0 radical (unpaired) electrons. The molecule has 44 heavy (non-hydrogen) atoms. The topological polar surface area (TPSA) is 94.2 Å². The third-order valence-electron chi connectivity index (χ3n) is 6.56. The fourth-order valence-electron chi connectivity index (χ4n) is 4.52. The highest BCUT2D eigenvalue weighted by atomic mass is 32.2. The van der Waals surface area contributed by atoms with Crippen LogP contribution in [0.5, 0.6) is 11.5 Å². The second-order valence-corrected chi connectivity index (χ2v) is 10.5. The lowest BCUT2D eigenvalue weighted by Crippen LogP contribution is -2.29. The zero-order chi connectivity index (χ0) is 31.6. The smallest absolute Gasteiger partial charge is 0.417 e. The van der Waals surface area contributed by atoms with Crippen molar-refractivity contribution in [2.24, 2.45) is 10.8 Å². The molecular weight excluding hydrogens is 605 g/mol. The van der Waals surface area contributed by atoms with Crippen LogP contribution >= 0.6 is 11.8 Å². The van der Waals surface area contributed by atoms with Crippen molar-refractivity contribution in [3.8, 4) is 11.5 Å². The second-order valence-electron chi connectivity index (χ2n) is 9.42. The van der Waals surface area contributed by atoms with Crippen LogP contribution in [0.2, 0.25) is 0 Å². The molecule has 0 saturated carbocycles. The Morgan fingerprint density at radius 3 is 2.36 bits per heavy atom. The molecule has 1 unspecified atom stereocenters. The van der Waals surface area contributed by atoms with Gasteiger partial charge in [0.2, 0.25) is 5.91 Å². The van der Waals surface area contributed by atoms with Crippen LogP contribution < -0.4 is 15.2 Å². The zero-order valence-electron chi connectivity index (χ0n) is 22.8. The number of amides is 2. The number of alkyl halides is 3. The van der Waals surface area contributed by atoms with Gasteiger partial charge in [-0.25, -0.2) is 13.8 Å². The molecule has 0 saturated heterocycles. The van der Waals surface area contributed by atoms with Crippen molar-refractivity contribution in [1.82, 2.24) is 5.01 Å². The van der Waals surface area contributed by atoms with Gasteiger partial charge in [0, 0.05) is 16.7 Å². The van der Waals surface area contributed by atoms with Gasteiger partial charge in [0.15, 0.2) is 11.5 Å². The van der Waals surface area contributed by atoms with Gasteiger partial charge in [-0.05, 0) is 60.2 Å². The normalized spacial score (nSPS) is 14.7. The lowest BCUT2D eigenvalue weighted by molar-refractivity contribution is -0.138. The Morgan fingerprint density at radius 2 is 1.68 bits per heavy atom. The number of nitrogens with zero attached hydrogens (tertiary/aromatic N) is 2. The number of hydrogen-bond acceptors (Lipinski definition) is 6. The fourth-order valence-corrected chi connectivity index (χ4v) is 5.70. The van der Waals surface area contributed by atoms with E-state index in [1.807, 2.05) is 0 Å². The monoisotopic (exact) mass is 627 g/mol. The van der Waals surface area contributed by atoms with Crippen LogP contribution in [0.25, 0.3) is 0 Å². The van der Waals surface area contributed by atoms with Crippen molar-refractivity contribution in [3.05, 3.63) is 130 Å². The zero-order valence-corrected chi connectivity index (χ0v) is 23.6. The Kier molecular flexibility index (Phi) is 8.59. The van der Waals surface area contributed by atoms with E-state index < -0.39 is 46.1 Å². The van der Waals surface area contributed by atoms with Crippen molar-refractivity contribution < 1.29 is 41.0 Å². The van der Waals surface area contributed by atoms with Crippen LogP contribution in [-0.2, 0) is 12.8 Å². The average molecular weight is 628 g/mol. The molecule has 4 aromatic rings. The van der Waals surface area contributed by atoms with E-state index in [-0.39, 0.29) is 34.3 Å². The number of thioether (sulfide) groups is 1. The number of halogens is 5. The molecule has 7 nitrogen and oxygen atoms in total. The number of nitrogens with two attached hydrogens (primary N) is 1. The van der Waals surface area contributed by atoms with Crippen LogP contribution in [0.3, 0.4) is 0 Å². The maximum Gasteiger partial charge on any atom is 0.417 e. The summed E-state index contributed by atoms with van der Waals surface area (Å²) < 4.78 is 81.7. The molecule has 1 heterocycles. The van der Waals surface area contributed by atoms with Gasteiger partial charge in [-0.1, -0.05) is 42.1 Å². The maximum atomic E-state index is 14.9. The molecule has 0 spiro atoms. The van der Waals surface area contributed by atoms with E-state index in [0.29, 0.717) is 17.2 Å². The average Bonchev–Trinajstić information content (AvgIpc) is 3.44. The number of primary amides is 1. The lowest BCUT2D eigenvalue weighted by Gasteiger charge is -2.25. The van der Waals surface area contributed by atoms with E-state index in [1.165, 1.54) is 31.4 Å². The highest BCUT2D eigenvalue weighted by molar-refractivity contribution is 8.14. The van der Waals surface area contributed by atoms with Crippen molar-refractivity contribution >= 4 is 28.6 Å². The first-order valence-corrected chi connectivity index (χ1v) is 13.7. The van der Waals surface area contributed by atoms with E-state index in [2.05, 4.69) is 5.10 Å². The SMILES string of the molecule is COc1c(OCc2cccc(C(N)=O)c2)cccc1C1SC(c2ccc(F)cc2)=NN1C(=O)c1c(F)cccc1C(F)(F)F. The van der Waals surface area contributed by atoms with E-state index in [0.717, 1.165) is 28.9 Å². The van der Waals surface area contributed by atoms with Crippen LogP contribution in [0.1, 0.15) is 48.3 Å². The number of para-hydroxylation sites is 1. The fraction of sp³-hybridized carbons (Fsp3) is 0.129. The molecule has 1 aliphatic rings. The molecule has 0 bridgehead atoms. The van der Waals surface area contributed by atoms with Gasteiger partial charge in [-0.15, -0.1) is 0 Å². The van der Waals surface area contributed by atoms with Gasteiger partial charge in [-0.2, -0.15) is 18.3 Å². The largest absolute Gasteiger partial charge is 0.492 e. The predicted molar refractivity (Wildman–Crippen MR) is 153 cm³/mol. The van der Waals surface area contributed by atoms with Crippen LogP contribution in [0.15, 0.2) is 90.0 Å². The Balaban J connectivity index is 1.56. The minimum Gasteiger partial charge on any atom is -0.492 e. The number of methoxy groups -OCH3 is 1. The van der Waals surface area contributed by atoms with Crippen LogP contribution in [-0.4, -0.2) is 29.0 Å². The minimum absolute atomic E-state index is 0.0110. The lowest BCUT2D eigenvalue weighted by atomic mass is 10.0. The first-order chi connectivity index (χ1) is 21.0. The first-order valence-electron chi connectivity index (χ1n) is 12.9. The highest BCUT2D eigenvalue weighted by Crippen LogP contribution is 2.48. The van der Waals surface area contributed by atoms with E-state index in [4.69, 9.17) is 15.2 Å². The third kappa shape index (κ3) is 6.23. The Bertz CT molecular complexity index is 1760. The minimum atomic E-state index is -5.03. The first kappa shape index (κ1) is 30.5. The van der Waals surface area contributed by atoms with Gasteiger partial charge >= 0.3 is 6.18 Å². The quantitative estimate of drug-likeness (QED) is 0.214. The summed E-state index contributed by atoms with van der Waals surface area (Å²) in [4.78, 5) is 25.3. The van der Waals surface area contributed by atoms with Gasteiger partial charge in [0.25, 0.3) is 5.91 Å². The summed E-state index contributed by atoms with van der Waals surface area (Å²) in [6.45, 7) is -0.0110. The number of carbonyl (C=O) groups excluding carboxylic acids is 2. The number of hydrogen-bond donors (Lipinski definition) is 1. The van der Waals surface area contributed by atoms with Crippen molar-refractivity contribution in [1.29, 1.82) is 0 Å². The molecule has 2 amide bonds. The molecule has 13 heteroatoms. The molecule has 1 aliphatic heterocycles. The number of benzene rings is 4. The van der Waals surface area contributed by atoms with Crippen LogP contribution in [0.4, 0.5) is 22.0 Å². The van der Waals surface area contributed by atoms with Gasteiger partial charge < -0.3 is 15.2 Å². The molecule has 1 atom stereocenters. The molecule has 4 aromatic carbocycles. The summed E-state index contributed by atoms with van der Waals surface area (Å²) >= 11 is 0.973. The van der Waals surface area contributed by atoms with E-state index in [1.54, 1.807) is 42.5 Å². The summed E-state index contributed by atoms with van der Waals surface area (Å²) in [5.74, 6) is -3.53. The van der Waals surface area contributed by atoms with E-state index >= 15 is 0 Å². The van der Waals surface area contributed by atoms with Crippen LogP contribution in [0, 0.1) is 11.6 Å². The second kappa shape index (κ2) is 12.4. The standard InChI is InChI=1S/C31H22F5N3O4S/c1-42-26-21(7-3-10-24(26)43-16-17-5-2-6-19(15-17)27(37)40)30-39(38-28(44-30)18-11-13-20(32)14-12-18)29(41)25-22(31(34,35)36)8-4-9-23(25)33/h2-15,30H,16H2,1H3,(H2,37,40). The predicted octanol–water partition coefficient (Wildman–Crippen LogP) is 6.92. The van der Waals surface area contributed by atoms with E-state index in [9.17, 15) is 31.5 Å². The molecule has 226 valence electrons. The number of ether oxygens (including phenoxy) is 2. The number of rotatable bonds is 8. The maximum absolute atomic E-state index is 14.9. The summed E-state index contributed by atoms with van der Waals surface area (Å²) in [7, 11) is 1.34. The third-order valence-corrected chi connectivity index (χ3v) is 7.78. The Morgan fingerprint density at radius 1 is 0.977 bits per heavy atom. The van der Waals surface area contributed by atoms with Crippen molar-refractivity contribution in [2.45, 2.75) is 18.2 Å². The molecule has 2 N–H and O–H groups in total. The molecule has 0 aromatic heterocycles. The Hall–Kier alpha value is -4.91. The summed E-state index contributed by atoms with van der Waals surface area (Å²) in [6, 6.07) is 18.5. The van der Waals surface area contributed by atoms with Gasteiger partial charge in [0.05, 0.1) is 18.2 Å². The van der Waals surface area contributed by atoms with Crippen molar-refractivity contribution in [3.63, 3.8) is 0 Å². The number of carbonyl (C=O) groups is 2. The summed E-state index contributed by atoms with van der Waals surface area (Å²) in [6.07, 6.45) is -5.03. The molecule has 5 rings (SSSR count). The molecule has 0 fully saturated rings. The summed E-state index contributed by atoms with van der Waals surface area (Å²) in [5, 5.41) is 4.06. The Labute approximate surface area is 252 Å². The number of hydrazone groups is 1. The molecule has 0 aliphatic carbocycles. The van der Waals surface area contributed by atoms with Crippen molar-refractivity contribution in [2.75, 3.05) is 7.11 Å². The summed E-state index contributed by atoms with van der Waals surface area (Å²) in [5.41, 5.74) is 4.25. The van der Waals surface area contributed by atoms with Gasteiger partial charge in [-0.3, -0.25) is 9.59 Å².